The van der Waals surface area contributed by atoms with Gasteiger partial charge < -0.3 is 14.8 Å². The maximum Gasteiger partial charge on any atom is 0.354 e. The standard InChI is InChI=1S/C13H13Cl2NO4/c1-7-4-8(14)5-9(15)12(7)16-10(13(18)20-3)6-11(17)19-2/h4-6,16H,1-3H3/b10-6+. The zero-order valence-electron chi connectivity index (χ0n) is 11.1. The van der Waals surface area contributed by atoms with Crippen LogP contribution in [0.25, 0.3) is 0 Å². The molecule has 0 saturated heterocycles. The quantitative estimate of drug-likeness (QED) is 0.683. The van der Waals surface area contributed by atoms with Crippen LogP contribution in [0.1, 0.15) is 5.56 Å². The first-order valence-electron chi connectivity index (χ1n) is 5.49. The first-order valence-corrected chi connectivity index (χ1v) is 6.25. The second-order valence-corrected chi connectivity index (χ2v) is 4.62. The van der Waals surface area contributed by atoms with Crippen LogP contribution < -0.4 is 5.32 Å². The number of hydrogen-bond donors (Lipinski definition) is 1. The molecule has 108 valence electrons. The molecule has 0 aliphatic heterocycles. The molecular formula is C13H13Cl2NO4. The van der Waals surface area contributed by atoms with E-state index >= 15 is 0 Å². The van der Waals surface area contributed by atoms with Crippen molar-refractivity contribution in [2.45, 2.75) is 6.92 Å². The molecule has 1 aromatic rings. The van der Waals surface area contributed by atoms with E-state index in [1.165, 1.54) is 20.3 Å². The van der Waals surface area contributed by atoms with Gasteiger partial charge in [0.1, 0.15) is 5.70 Å². The third kappa shape index (κ3) is 4.15. The fourth-order valence-corrected chi connectivity index (χ4v) is 2.07. The fraction of sp³-hybridized carbons (Fsp3) is 0.231. The Morgan fingerprint density at radius 1 is 1.20 bits per heavy atom. The predicted molar refractivity (Wildman–Crippen MR) is 76.9 cm³/mol. The third-order valence-corrected chi connectivity index (χ3v) is 2.90. The third-order valence-electron chi connectivity index (χ3n) is 2.38. The number of rotatable bonds is 4. The van der Waals surface area contributed by atoms with Crippen molar-refractivity contribution in [1.82, 2.24) is 0 Å². The Kier molecular flexibility index (Phi) is 5.85. The molecule has 1 N–H and O–H groups in total. The molecule has 0 saturated carbocycles. The first-order chi connectivity index (χ1) is 9.38. The molecule has 0 aromatic heterocycles. The molecule has 0 heterocycles. The molecule has 5 nitrogen and oxygen atoms in total. The molecule has 0 atom stereocenters. The molecule has 1 rings (SSSR count). The summed E-state index contributed by atoms with van der Waals surface area (Å²) < 4.78 is 9.06. The summed E-state index contributed by atoms with van der Waals surface area (Å²) in [6, 6.07) is 3.19. The van der Waals surface area contributed by atoms with Crippen molar-refractivity contribution in [2.75, 3.05) is 19.5 Å². The topological polar surface area (TPSA) is 64.6 Å². The second kappa shape index (κ2) is 7.17. The van der Waals surface area contributed by atoms with Crippen LogP contribution in [0.4, 0.5) is 5.69 Å². The van der Waals surface area contributed by atoms with Crippen molar-refractivity contribution in [1.29, 1.82) is 0 Å². The number of carbonyl (C=O) groups is 2. The highest BCUT2D eigenvalue weighted by Gasteiger charge is 2.15. The molecule has 0 radical (unpaired) electrons. The Morgan fingerprint density at radius 2 is 1.85 bits per heavy atom. The number of anilines is 1. The summed E-state index contributed by atoms with van der Waals surface area (Å²) in [6.07, 6.45) is 0.982. The fourth-order valence-electron chi connectivity index (χ4n) is 1.43. The molecule has 0 aliphatic rings. The van der Waals surface area contributed by atoms with Crippen LogP contribution in [0, 0.1) is 6.92 Å². The number of aryl methyl sites for hydroxylation is 1. The van der Waals surface area contributed by atoms with E-state index in [1.54, 1.807) is 13.0 Å². The minimum atomic E-state index is -0.721. The number of halogens is 2. The predicted octanol–water partition coefficient (Wildman–Crippen LogP) is 2.94. The monoisotopic (exact) mass is 317 g/mol. The molecule has 0 spiro atoms. The Hall–Kier alpha value is -1.72. The SMILES string of the molecule is COC(=O)/C=C(/Nc1c(C)cc(Cl)cc1Cl)C(=O)OC. The average Bonchev–Trinajstić information content (AvgIpc) is 2.40. The lowest BCUT2D eigenvalue weighted by atomic mass is 10.2. The van der Waals surface area contributed by atoms with E-state index in [0.29, 0.717) is 21.3 Å². The van der Waals surface area contributed by atoms with E-state index in [4.69, 9.17) is 23.2 Å². The van der Waals surface area contributed by atoms with Crippen molar-refractivity contribution in [3.8, 4) is 0 Å². The van der Waals surface area contributed by atoms with Gasteiger partial charge in [-0.25, -0.2) is 9.59 Å². The normalized spacial score (nSPS) is 10.9. The number of hydrogen-bond acceptors (Lipinski definition) is 5. The maximum atomic E-state index is 11.6. The summed E-state index contributed by atoms with van der Waals surface area (Å²) >= 11 is 11.9. The summed E-state index contributed by atoms with van der Waals surface area (Å²) in [5.41, 5.74) is 1.07. The van der Waals surface area contributed by atoms with Gasteiger partial charge in [0.2, 0.25) is 0 Å². The van der Waals surface area contributed by atoms with Crippen molar-refractivity contribution in [3.05, 3.63) is 39.5 Å². The van der Waals surface area contributed by atoms with Crippen LogP contribution in [0.5, 0.6) is 0 Å². The highest BCUT2D eigenvalue weighted by atomic mass is 35.5. The van der Waals surface area contributed by atoms with E-state index in [-0.39, 0.29) is 5.70 Å². The summed E-state index contributed by atoms with van der Waals surface area (Å²) in [5.74, 6) is -1.42. The molecule has 0 aliphatic carbocycles. The van der Waals surface area contributed by atoms with Crippen LogP contribution in [-0.4, -0.2) is 26.2 Å². The minimum absolute atomic E-state index is 0.0910. The molecule has 0 amide bonds. The lowest BCUT2D eigenvalue weighted by Crippen LogP contribution is -2.16. The van der Waals surface area contributed by atoms with Gasteiger partial charge in [0.15, 0.2) is 0 Å². The number of carbonyl (C=O) groups excluding carboxylic acids is 2. The van der Waals surface area contributed by atoms with Crippen LogP contribution in [0.15, 0.2) is 23.9 Å². The van der Waals surface area contributed by atoms with Gasteiger partial charge in [-0.1, -0.05) is 23.2 Å². The van der Waals surface area contributed by atoms with Gasteiger partial charge in [-0.2, -0.15) is 0 Å². The number of benzene rings is 1. The van der Waals surface area contributed by atoms with Gasteiger partial charge in [-0.05, 0) is 24.6 Å². The van der Waals surface area contributed by atoms with Gasteiger partial charge in [-0.3, -0.25) is 0 Å². The van der Waals surface area contributed by atoms with Crippen molar-refractivity contribution in [2.24, 2.45) is 0 Å². The zero-order valence-corrected chi connectivity index (χ0v) is 12.6. The highest BCUT2D eigenvalue weighted by molar-refractivity contribution is 6.36. The minimum Gasteiger partial charge on any atom is -0.466 e. The number of nitrogens with one attached hydrogen (secondary N) is 1. The zero-order chi connectivity index (χ0) is 15.3. The smallest absolute Gasteiger partial charge is 0.354 e. The lowest BCUT2D eigenvalue weighted by molar-refractivity contribution is -0.138. The van der Waals surface area contributed by atoms with E-state index in [2.05, 4.69) is 14.8 Å². The van der Waals surface area contributed by atoms with E-state index in [0.717, 1.165) is 6.08 Å². The average molecular weight is 318 g/mol. The highest BCUT2D eigenvalue weighted by Crippen LogP contribution is 2.30. The Balaban J connectivity index is 3.17. The summed E-state index contributed by atoms with van der Waals surface area (Å²) in [7, 11) is 2.40. The molecule has 0 bridgehead atoms. The Bertz CT molecular complexity index is 546. The van der Waals surface area contributed by atoms with Crippen LogP contribution >= 0.6 is 23.2 Å². The molecule has 0 fully saturated rings. The molecule has 7 heteroatoms. The molecular weight excluding hydrogens is 305 g/mol. The van der Waals surface area contributed by atoms with Gasteiger partial charge >= 0.3 is 11.9 Å². The van der Waals surface area contributed by atoms with E-state index < -0.39 is 11.9 Å². The van der Waals surface area contributed by atoms with Crippen LogP contribution in [0.2, 0.25) is 10.0 Å². The maximum absolute atomic E-state index is 11.6. The van der Waals surface area contributed by atoms with Gasteiger partial charge in [0.05, 0.1) is 31.0 Å². The van der Waals surface area contributed by atoms with E-state index in [1.807, 2.05) is 0 Å². The summed E-state index contributed by atoms with van der Waals surface area (Å²) in [6.45, 7) is 1.76. The Morgan fingerprint density at radius 3 is 2.35 bits per heavy atom. The van der Waals surface area contributed by atoms with Gasteiger partial charge in [0.25, 0.3) is 0 Å². The molecule has 1 aromatic carbocycles. The Labute approximate surface area is 126 Å². The lowest BCUT2D eigenvalue weighted by Gasteiger charge is -2.13. The summed E-state index contributed by atoms with van der Waals surface area (Å²) in [4.78, 5) is 22.9. The van der Waals surface area contributed by atoms with Crippen molar-refractivity contribution >= 4 is 40.8 Å². The first kappa shape index (κ1) is 16.3. The van der Waals surface area contributed by atoms with Gasteiger partial charge in [0, 0.05) is 5.02 Å². The second-order valence-electron chi connectivity index (χ2n) is 3.78. The number of ether oxygens (including phenoxy) is 2. The number of methoxy groups -OCH3 is 2. The molecule has 20 heavy (non-hydrogen) atoms. The van der Waals surface area contributed by atoms with Gasteiger partial charge in [-0.15, -0.1) is 0 Å². The van der Waals surface area contributed by atoms with Crippen molar-refractivity contribution < 1.29 is 19.1 Å². The largest absolute Gasteiger partial charge is 0.466 e. The van der Waals surface area contributed by atoms with E-state index in [9.17, 15) is 9.59 Å². The van der Waals surface area contributed by atoms with Crippen LogP contribution in [-0.2, 0) is 19.1 Å². The van der Waals surface area contributed by atoms with Crippen LogP contribution in [0.3, 0.4) is 0 Å². The summed E-state index contributed by atoms with van der Waals surface area (Å²) in [5, 5.41) is 3.54. The van der Waals surface area contributed by atoms with Crippen molar-refractivity contribution in [3.63, 3.8) is 0 Å². The molecule has 0 unspecified atom stereocenters. The number of esters is 2.